The molecule has 1 aromatic rings. The van der Waals surface area contributed by atoms with Crippen molar-refractivity contribution >= 4 is 37.8 Å². The van der Waals surface area contributed by atoms with Crippen molar-refractivity contribution in [3.63, 3.8) is 0 Å². The first-order valence-electron chi connectivity index (χ1n) is 6.95. The van der Waals surface area contributed by atoms with E-state index >= 15 is 0 Å². The van der Waals surface area contributed by atoms with Crippen LogP contribution in [0, 0.1) is 0 Å². The van der Waals surface area contributed by atoms with Crippen molar-refractivity contribution in [1.82, 2.24) is 0 Å². The first-order chi connectivity index (χ1) is 9.79. The van der Waals surface area contributed by atoms with E-state index in [0.717, 1.165) is 16.9 Å². The fourth-order valence-corrected chi connectivity index (χ4v) is 2.71. The summed E-state index contributed by atoms with van der Waals surface area (Å²) in [6.45, 7) is 8.51. The second kappa shape index (κ2) is 8.18. The van der Waals surface area contributed by atoms with Crippen LogP contribution < -0.4 is 4.74 Å². The Morgan fingerprint density at radius 3 is 1.90 bits per heavy atom. The van der Waals surface area contributed by atoms with Crippen LogP contribution in [0.25, 0.3) is 0 Å². The van der Waals surface area contributed by atoms with Crippen molar-refractivity contribution in [2.75, 3.05) is 7.11 Å². The zero-order valence-electron chi connectivity index (χ0n) is 13.0. The van der Waals surface area contributed by atoms with Gasteiger partial charge in [-0.3, -0.25) is 4.79 Å². The molecule has 0 aliphatic rings. The summed E-state index contributed by atoms with van der Waals surface area (Å²) in [4.78, 5) is 11.0. The minimum atomic E-state index is -0.567. The molecule has 118 valence electrons. The van der Waals surface area contributed by atoms with Gasteiger partial charge in [0.1, 0.15) is 5.75 Å². The summed E-state index contributed by atoms with van der Waals surface area (Å²) >= 11 is 6.72. The van der Waals surface area contributed by atoms with Crippen LogP contribution in [0.2, 0.25) is 0 Å². The Morgan fingerprint density at radius 2 is 1.52 bits per heavy atom. The monoisotopic (exact) mass is 420 g/mol. The van der Waals surface area contributed by atoms with E-state index in [9.17, 15) is 4.79 Å². The molecule has 0 amide bonds. The SMILES string of the molecule is COC(=O)[C@@H](Br)[C@H](Br)Oc1c(C(C)C)cccc1C(C)C. The number of rotatable bonds is 6. The predicted molar refractivity (Wildman–Crippen MR) is 92.7 cm³/mol. The molecule has 0 aromatic heterocycles. The van der Waals surface area contributed by atoms with Crippen LogP contribution in [0.4, 0.5) is 0 Å². The minimum absolute atomic E-state index is 0.338. The maximum Gasteiger partial charge on any atom is 0.324 e. The number of hydrogen-bond acceptors (Lipinski definition) is 3. The second-order valence-electron chi connectivity index (χ2n) is 5.47. The molecule has 1 aromatic carbocycles. The molecule has 0 bridgehead atoms. The number of ether oxygens (including phenoxy) is 2. The topological polar surface area (TPSA) is 35.5 Å². The predicted octanol–water partition coefficient (Wildman–Crippen LogP) is 4.97. The number of carbonyl (C=O) groups excluding carboxylic acids is 1. The van der Waals surface area contributed by atoms with Gasteiger partial charge in [-0.15, -0.1) is 0 Å². The van der Waals surface area contributed by atoms with E-state index < -0.39 is 9.84 Å². The van der Waals surface area contributed by atoms with E-state index in [1.165, 1.54) is 7.11 Å². The maximum absolute atomic E-state index is 11.6. The smallest absolute Gasteiger partial charge is 0.324 e. The molecule has 1 rings (SSSR count). The van der Waals surface area contributed by atoms with Crippen molar-refractivity contribution in [1.29, 1.82) is 0 Å². The largest absolute Gasteiger partial charge is 0.477 e. The quantitative estimate of drug-likeness (QED) is 0.480. The number of benzene rings is 1. The van der Waals surface area contributed by atoms with Crippen LogP contribution in [0.5, 0.6) is 5.75 Å². The molecule has 0 heterocycles. The number of carbonyl (C=O) groups is 1. The van der Waals surface area contributed by atoms with Crippen molar-refractivity contribution in [2.45, 2.75) is 49.4 Å². The minimum Gasteiger partial charge on any atom is -0.477 e. The molecule has 0 saturated carbocycles. The second-order valence-corrected chi connectivity index (χ2v) is 7.36. The van der Waals surface area contributed by atoms with Crippen LogP contribution in [-0.4, -0.2) is 22.9 Å². The van der Waals surface area contributed by atoms with E-state index in [0.29, 0.717) is 11.8 Å². The van der Waals surface area contributed by atoms with E-state index in [1.54, 1.807) is 0 Å². The molecule has 0 fully saturated rings. The molecule has 0 aliphatic carbocycles. The fraction of sp³-hybridized carbons (Fsp3) is 0.562. The van der Waals surface area contributed by atoms with E-state index in [2.05, 4.69) is 71.7 Å². The van der Waals surface area contributed by atoms with E-state index in [1.807, 2.05) is 6.07 Å². The Kier molecular flexibility index (Phi) is 7.21. The first kappa shape index (κ1) is 18.5. The summed E-state index contributed by atoms with van der Waals surface area (Å²) in [5.74, 6) is 1.15. The van der Waals surface area contributed by atoms with E-state index in [-0.39, 0.29) is 5.97 Å². The van der Waals surface area contributed by atoms with Gasteiger partial charge in [0.05, 0.1) is 7.11 Å². The van der Waals surface area contributed by atoms with Gasteiger partial charge in [0, 0.05) is 0 Å². The van der Waals surface area contributed by atoms with Gasteiger partial charge in [0.2, 0.25) is 0 Å². The van der Waals surface area contributed by atoms with Gasteiger partial charge in [-0.05, 0) is 38.9 Å². The average Bonchev–Trinajstić information content (AvgIpc) is 2.45. The van der Waals surface area contributed by atoms with Crippen LogP contribution in [0.15, 0.2) is 18.2 Å². The third-order valence-electron chi connectivity index (χ3n) is 3.21. The zero-order chi connectivity index (χ0) is 16.2. The lowest BCUT2D eigenvalue weighted by atomic mass is 9.94. The van der Waals surface area contributed by atoms with Crippen LogP contribution in [0.3, 0.4) is 0 Å². The van der Waals surface area contributed by atoms with Gasteiger partial charge < -0.3 is 9.47 Å². The molecule has 0 N–H and O–H groups in total. The highest BCUT2D eigenvalue weighted by molar-refractivity contribution is 9.12. The van der Waals surface area contributed by atoms with Crippen LogP contribution >= 0.6 is 31.9 Å². The highest BCUT2D eigenvalue weighted by Crippen LogP contribution is 2.36. The lowest BCUT2D eigenvalue weighted by molar-refractivity contribution is -0.140. The molecule has 0 unspecified atom stereocenters. The van der Waals surface area contributed by atoms with Crippen molar-refractivity contribution in [3.05, 3.63) is 29.3 Å². The third kappa shape index (κ3) is 4.71. The van der Waals surface area contributed by atoms with Crippen molar-refractivity contribution < 1.29 is 14.3 Å². The molecule has 0 saturated heterocycles. The standard InChI is InChI=1S/C16H22Br2O3/c1-9(2)11-7-6-8-12(10(3)4)14(11)21-15(18)13(17)16(19)20-5/h6-10,13,15H,1-5H3/t13-,15+/m0/s1. The molecular weight excluding hydrogens is 400 g/mol. The summed E-state index contributed by atoms with van der Waals surface area (Å²) in [5, 5.41) is -0.498. The summed E-state index contributed by atoms with van der Waals surface area (Å²) in [6.07, 6.45) is 0. The lowest BCUT2D eigenvalue weighted by Gasteiger charge is -2.24. The van der Waals surface area contributed by atoms with Crippen molar-refractivity contribution in [2.24, 2.45) is 0 Å². The average molecular weight is 422 g/mol. The molecule has 21 heavy (non-hydrogen) atoms. The number of methoxy groups -OCH3 is 1. The summed E-state index contributed by atoms with van der Waals surface area (Å²) in [7, 11) is 1.36. The molecule has 3 nitrogen and oxygen atoms in total. The van der Waals surface area contributed by atoms with Crippen LogP contribution in [-0.2, 0) is 9.53 Å². The Bertz CT molecular complexity index is 460. The molecule has 0 aliphatic heterocycles. The summed E-state index contributed by atoms with van der Waals surface area (Å²) < 4.78 is 10.8. The summed E-state index contributed by atoms with van der Waals surface area (Å²) in [6, 6.07) is 6.17. The normalized spacial score (nSPS) is 14.1. The Hall–Kier alpha value is -0.550. The number of hydrogen-bond donors (Lipinski definition) is 0. The zero-order valence-corrected chi connectivity index (χ0v) is 16.2. The Morgan fingerprint density at radius 1 is 1.05 bits per heavy atom. The number of halogens is 2. The van der Waals surface area contributed by atoms with Gasteiger partial charge in [0.15, 0.2) is 9.84 Å². The molecule has 5 heteroatoms. The number of alkyl halides is 2. The molecule has 0 spiro atoms. The summed E-state index contributed by atoms with van der Waals surface area (Å²) in [5.41, 5.74) is 2.27. The maximum atomic E-state index is 11.6. The van der Waals surface area contributed by atoms with Crippen molar-refractivity contribution in [3.8, 4) is 5.75 Å². The first-order valence-corrected chi connectivity index (χ1v) is 8.78. The van der Waals surface area contributed by atoms with Gasteiger partial charge in [-0.2, -0.15) is 0 Å². The van der Waals surface area contributed by atoms with E-state index in [4.69, 9.17) is 9.47 Å². The lowest BCUT2D eigenvalue weighted by Crippen LogP contribution is -2.30. The number of esters is 1. The van der Waals surface area contributed by atoms with Crippen LogP contribution in [0.1, 0.15) is 50.7 Å². The number of para-hydroxylation sites is 1. The highest BCUT2D eigenvalue weighted by Gasteiger charge is 2.28. The van der Waals surface area contributed by atoms with Gasteiger partial charge >= 0.3 is 5.97 Å². The van der Waals surface area contributed by atoms with Gasteiger partial charge in [-0.1, -0.05) is 61.8 Å². The van der Waals surface area contributed by atoms with Gasteiger partial charge in [0.25, 0.3) is 0 Å². The molecule has 2 atom stereocenters. The third-order valence-corrected chi connectivity index (χ3v) is 5.49. The highest BCUT2D eigenvalue weighted by atomic mass is 79.9. The van der Waals surface area contributed by atoms with Gasteiger partial charge in [-0.25, -0.2) is 0 Å². The Labute approximate surface area is 143 Å². The Balaban J connectivity index is 3.13. The fourth-order valence-electron chi connectivity index (χ4n) is 2.01. The molecule has 0 radical (unpaired) electrons. The molecular formula is C16H22Br2O3.